The van der Waals surface area contributed by atoms with E-state index in [1.807, 2.05) is 48.7 Å². The summed E-state index contributed by atoms with van der Waals surface area (Å²) >= 11 is 7.49. The predicted molar refractivity (Wildman–Crippen MR) is 118 cm³/mol. The zero-order chi connectivity index (χ0) is 20.7. The standard InChI is InChI=1S/C22H15ClN4O2S/c1-13-5-7-14(8-6-13)17-11-30-21-19(17)22(28)27(12-24-21)10-18-25-20(26-29-18)15-3-2-4-16(23)9-15/h2-9,11-12H,10H2,1H3. The Kier molecular flexibility index (Phi) is 4.69. The van der Waals surface area contributed by atoms with Gasteiger partial charge in [0.2, 0.25) is 11.7 Å². The summed E-state index contributed by atoms with van der Waals surface area (Å²) < 4.78 is 6.84. The third-order valence-corrected chi connectivity index (χ3v) is 5.90. The zero-order valence-electron chi connectivity index (χ0n) is 15.9. The molecular formula is C22H15ClN4O2S. The summed E-state index contributed by atoms with van der Waals surface area (Å²) in [6.07, 6.45) is 1.52. The van der Waals surface area contributed by atoms with Gasteiger partial charge in [0.1, 0.15) is 11.4 Å². The van der Waals surface area contributed by atoms with E-state index in [1.165, 1.54) is 27.8 Å². The zero-order valence-corrected chi connectivity index (χ0v) is 17.4. The molecule has 0 saturated carbocycles. The summed E-state index contributed by atoms with van der Waals surface area (Å²) in [5.74, 6) is 0.741. The van der Waals surface area contributed by atoms with Crippen molar-refractivity contribution in [1.82, 2.24) is 19.7 Å². The van der Waals surface area contributed by atoms with E-state index in [0.29, 0.717) is 27.0 Å². The maximum absolute atomic E-state index is 13.2. The fourth-order valence-corrected chi connectivity index (χ4v) is 4.33. The number of nitrogens with zero attached hydrogens (tertiary/aromatic N) is 4. The van der Waals surface area contributed by atoms with Crippen molar-refractivity contribution in [1.29, 1.82) is 0 Å². The first-order valence-corrected chi connectivity index (χ1v) is 10.5. The Labute approximate surface area is 180 Å². The van der Waals surface area contributed by atoms with Crippen LogP contribution < -0.4 is 5.56 Å². The number of halogens is 1. The molecule has 0 atom stereocenters. The van der Waals surface area contributed by atoms with Crippen LogP contribution >= 0.6 is 22.9 Å². The van der Waals surface area contributed by atoms with E-state index in [-0.39, 0.29) is 12.1 Å². The van der Waals surface area contributed by atoms with Gasteiger partial charge in [-0.2, -0.15) is 4.98 Å². The molecule has 5 rings (SSSR count). The fourth-order valence-electron chi connectivity index (χ4n) is 3.24. The van der Waals surface area contributed by atoms with Crippen molar-refractivity contribution < 1.29 is 4.52 Å². The van der Waals surface area contributed by atoms with Crippen LogP contribution in [0.5, 0.6) is 0 Å². The van der Waals surface area contributed by atoms with Gasteiger partial charge in [0, 0.05) is 21.5 Å². The molecule has 0 bridgehead atoms. The first-order chi connectivity index (χ1) is 14.6. The number of hydrogen-bond acceptors (Lipinski definition) is 6. The summed E-state index contributed by atoms with van der Waals surface area (Å²) in [5, 5.41) is 7.16. The highest BCUT2D eigenvalue weighted by Gasteiger charge is 2.15. The minimum Gasteiger partial charge on any atom is -0.337 e. The highest BCUT2D eigenvalue weighted by atomic mass is 35.5. The molecule has 0 amide bonds. The van der Waals surface area contributed by atoms with E-state index in [9.17, 15) is 4.79 Å². The van der Waals surface area contributed by atoms with Gasteiger partial charge in [-0.1, -0.05) is 58.7 Å². The number of fused-ring (bicyclic) bond motifs is 1. The Balaban J connectivity index is 1.51. The molecule has 3 heterocycles. The van der Waals surface area contributed by atoms with Crippen LogP contribution in [0, 0.1) is 6.92 Å². The molecule has 6 nitrogen and oxygen atoms in total. The van der Waals surface area contributed by atoms with Gasteiger partial charge in [-0.05, 0) is 24.6 Å². The molecule has 0 radical (unpaired) electrons. The van der Waals surface area contributed by atoms with Gasteiger partial charge in [-0.15, -0.1) is 11.3 Å². The quantitative estimate of drug-likeness (QED) is 0.389. The molecule has 2 aromatic carbocycles. The Morgan fingerprint density at radius 2 is 1.97 bits per heavy atom. The molecule has 30 heavy (non-hydrogen) atoms. The number of hydrogen-bond donors (Lipinski definition) is 0. The van der Waals surface area contributed by atoms with Crippen molar-refractivity contribution in [2.75, 3.05) is 0 Å². The third-order valence-electron chi connectivity index (χ3n) is 4.78. The predicted octanol–water partition coefficient (Wildman–Crippen LogP) is 5.19. The molecule has 8 heteroatoms. The third kappa shape index (κ3) is 3.42. The lowest BCUT2D eigenvalue weighted by molar-refractivity contribution is 0.369. The van der Waals surface area contributed by atoms with E-state index in [0.717, 1.165) is 16.7 Å². The van der Waals surface area contributed by atoms with Crippen LogP contribution in [0.2, 0.25) is 5.02 Å². The smallest absolute Gasteiger partial charge is 0.263 e. The van der Waals surface area contributed by atoms with Crippen molar-refractivity contribution in [3.8, 4) is 22.5 Å². The van der Waals surface area contributed by atoms with Gasteiger partial charge in [0.05, 0.1) is 11.7 Å². The highest BCUT2D eigenvalue weighted by molar-refractivity contribution is 7.17. The molecule has 0 N–H and O–H groups in total. The largest absolute Gasteiger partial charge is 0.337 e. The van der Waals surface area contributed by atoms with Crippen molar-refractivity contribution in [3.05, 3.63) is 87.1 Å². The summed E-state index contributed by atoms with van der Waals surface area (Å²) in [4.78, 5) is 22.8. The number of thiophene rings is 1. The molecule has 0 saturated heterocycles. The molecule has 3 aromatic heterocycles. The lowest BCUT2D eigenvalue weighted by Gasteiger charge is -2.04. The van der Waals surface area contributed by atoms with Gasteiger partial charge in [0.15, 0.2) is 0 Å². The van der Waals surface area contributed by atoms with Crippen molar-refractivity contribution in [2.24, 2.45) is 0 Å². The molecule has 148 valence electrons. The Hall–Kier alpha value is -3.29. The summed E-state index contributed by atoms with van der Waals surface area (Å²) in [5.41, 5.74) is 3.65. The number of aryl methyl sites for hydroxylation is 1. The van der Waals surface area contributed by atoms with Crippen LogP contribution in [0.15, 0.2) is 69.6 Å². The Bertz CT molecular complexity index is 1420. The lowest BCUT2D eigenvalue weighted by Crippen LogP contribution is -2.21. The van der Waals surface area contributed by atoms with Crippen molar-refractivity contribution in [2.45, 2.75) is 13.5 Å². The molecule has 0 spiro atoms. The average molecular weight is 435 g/mol. The van der Waals surface area contributed by atoms with Crippen LogP contribution in [-0.4, -0.2) is 19.7 Å². The summed E-state index contributed by atoms with van der Waals surface area (Å²) in [6.45, 7) is 2.17. The van der Waals surface area contributed by atoms with E-state index in [2.05, 4.69) is 15.1 Å². The minimum atomic E-state index is -0.140. The van der Waals surface area contributed by atoms with Crippen LogP contribution in [0.4, 0.5) is 0 Å². The fraction of sp³-hybridized carbons (Fsp3) is 0.0909. The van der Waals surface area contributed by atoms with Crippen LogP contribution in [0.3, 0.4) is 0 Å². The summed E-state index contributed by atoms with van der Waals surface area (Å²) in [7, 11) is 0. The maximum atomic E-state index is 13.2. The summed E-state index contributed by atoms with van der Waals surface area (Å²) in [6, 6.07) is 15.3. The number of benzene rings is 2. The van der Waals surface area contributed by atoms with Crippen LogP contribution in [-0.2, 0) is 6.54 Å². The molecule has 0 aliphatic heterocycles. The molecule has 0 fully saturated rings. The second kappa shape index (κ2) is 7.51. The van der Waals surface area contributed by atoms with Gasteiger partial charge in [-0.3, -0.25) is 9.36 Å². The molecule has 0 unspecified atom stereocenters. The first kappa shape index (κ1) is 18.7. The van der Waals surface area contributed by atoms with Gasteiger partial charge < -0.3 is 4.52 Å². The number of aromatic nitrogens is 4. The minimum absolute atomic E-state index is 0.137. The molecular weight excluding hydrogens is 420 g/mol. The van der Waals surface area contributed by atoms with Crippen molar-refractivity contribution in [3.63, 3.8) is 0 Å². The molecule has 0 aliphatic carbocycles. The Morgan fingerprint density at radius 1 is 1.13 bits per heavy atom. The topological polar surface area (TPSA) is 73.8 Å². The van der Waals surface area contributed by atoms with Gasteiger partial charge in [-0.25, -0.2) is 4.98 Å². The van der Waals surface area contributed by atoms with E-state index in [1.54, 1.807) is 12.1 Å². The second-order valence-electron chi connectivity index (χ2n) is 6.90. The monoisotopic (exact) mass is 434 g/mol. The van der Waals surface area contributed by atoms with E-state index >= 15 is 0 Å². The highest BCUT2D eigenvalue weighted by Crippen LogP contribution is 2.30. The maximum Gasteiger partial charge on any atom is 0.263 e. The van der Waals surface area contributed by atoms with Crippen molar-refractivity contribution >= 4 is 33.2 Å². The normalized spacial score (nSPS) is 11.3. The molecule has 0 aliphatic rings. The average Bonchev–Trinajstić information content (AvgIpc) is 3.38. The lowest BCUT2D eigenvalue weighted by atomic mass is 10.1. The SMILES string of the molecule is Cc1ccc(-c2csc3ncn(Cc4nc(-c5cccc(Cl)c5)no4)c(=O)c23)cc1. The first-order valence-electron chi connectivity index (χ1n) is 9.21. The van der Waals surface area contributed by atoms with E-state index in [4.69, 9.17) is 16.1 Å². The second-order valence-corrected chi connectivity index (χ2v) is 8.19. The molecule has 5 aromatic rings. The van der Waals surface area contributed by atoms with E-state index < -0.39 is 0 Å². The number of rotatable bonds is 4. The van der Waals surface area contributed by atoms with Crippen LogP contribution in [0.1, 0.15) is 11.5 Å². The van der Waals surface area contributed by atoms with Gasteiger partial charge >= 0.3 is 0 Å². The van der Waals surface area contributed by atoms with Crippen LogP contribution in [0.25, 0.3) is 32.7 Å². The van der Waals surface area contributed by atoms with Gasteiger partial charge in [0.25, 0.3) is 5.56 Å². The Morgan fingerprint density at radius 3 is 2.77 bits per heavy atom.